The average molecular weight is 422 g/mol. The van der Waals surface area contributed by atoms with Gasteiger partial charge < -0.3 is 15.0 Å². The summed E-state index contributed by atoms with van der Waals surface area (Å²) in [7, 11) is 2.17. The Morgan fingerprint density at radius 2 is 1.81 bits per heavy atom. The van der Waals surface area contributed by atoms with E-state index >= 15 is 0 Å². The highest BCUT2D eigenvalue weighted by atomic mass is 16.5. The van der Waals surface area contributed by atoms with Crippen molar-refractivity contribution >= 4 is 11.6 Å². The number of carbonyl (C=O) groups is 1. The van der Waals surface area contributed by atoms with Gasteiger partial charge >= 0.3 is 0 Å². The van der Waals surface area contributed by atoms with Crippen molar-refractivity contribution in [3.8, 4) is 5.75 Å². The highest BCUT2D eigenvalue weighted by Gasteiger charge is 2.24. The molecule has 1 amide bonds. The van der Waals surface area contributed by atoms with Gasteiger partial charge in [-0.1, -0.05) is 36.2 Å². The molecule has 5 nitrogen and oxygen atoms in total. The van der Waals surface area contributed by atoms with Gasteiger partial charge in [-0.25, -0.2) is 0 Å². The third-order valence-corrected chi connectivity index (χ3v) is 6.55. The summed E-state index contributed by atoms with van der Waals surface area (Å²) in [6.07, 6.45) is 6.10. The van der Waals surface area contributed by atoms with E-state index in [0.29, 0.717) is 6.54 Å². The fraction of sp³-hybridized carbons (Fsp3) is 0.500. The topological polar surface area (TPSA) is 44.8 Å². The Labute approximate surface area is 186 Å². The quantitative estimate of drug-likeness (QED) is 0.731. The van der Waals surface area contributed by atoms with Crippen molar-refractivity contribution in [2.24, 2.45) is 0 Å². The number of likely N-dealkylation sites (tertiary alicyclic amines) is 1. The molecule has 1 N–H and O–H groups in total. The van der Waals surface area contributed by atoms with Gasteiger partial charge in [0.15, 0.2) is 6.61 Å². The van der Waals surface area contributed by atoms with Crippen molar-refractivity contribution in [2.75, 3.05) is 44.7 Å². The van der Waals surface area contributed by atoms with E-state index in [1.165, 1.54) is 48.1 Å². The van der Waals surface area contributed by atoms with E-state index in [1.807, 2.05) is 31.2 Å². The number of aryl methyl sites for hydroxylation is 2. The molecular formula is C26H35N3O2. The first-order valence-corrected chi connectivity index (χ1v) is 11.6. The first-order valence-electron chi connectivity index (χ1n) is 11.6. The number of rotatable bonds is 7. The Morgan fingerprint density at radius 3 is 2.58 bits per heavy atom. The maximum Gasteiger partial charge on any atom is 0.258 e. The van der Waals surface area contributed by atoms with Crippen molar-refractivity contribution < 1.29 is 9.53 Å². The number of nitrogens with zero attached hydrogens (tertiary/aromatic N) is 2. The molecule has 4 rings (SSSR count). The van der Waals surface area contributed by atoms with E-state index < -0.39 is 0 Å². The van der Waals surface area contributed by atoms with E-state index in [2.05, 4.69) is 40.4 Å². The molecule has 5 heteroatoms. The zero-order valence-electron chi connectivity index (χ0n) is 18.9. The van der Waals surface area contributed by atoms with E-state index in [9.17, 15) is 4.79 Å². The SMILES string of the molecule is Cc1ccc(OCC(=O)NCC(c2ccc3c(c2)CCCN3C)N2CCCCC2)cc1. The van der Waals surface area contributed by atoms with Crippen LogP contribution in [0.25, 0.3) is 0 Å². The number of anilines is 1. The summed E-state index contributed by atoms with van der Waals surface area (Å²) in [5.74, 6) is 0.660. The highest BCUT2D eigenvalue weighted by Crippen LogP contribution is 2.31. The smallest absolute Gasteiger partial charge is 0.258 e. The molecule has 1 unspecified atom stereocenters. The summed E-state index contributed by atoms with van der Waals surface area (Å²) in [5, 5.41) is 3.13. The number of hydrogen-bond donors (Lipinski definition) is 1. The van der Waals surface area contributed by atoms with E-state index in [1.54, 1.807) is 0 Å². The molecule has 1 fully saturated rings. The van der Waals surface area contributed by atoms with Crippen LogP contribution in [0.2, 0.25) is 0 Å². The Balaban J connectivity index is 1.42. The van der Waals surface area contributed by atoms with Gasteiger partial charge in [0, 0.05) is 25.8 Å². The van der Waals surface area contributed by atoms with Crippen LogP contribution in [0.1, 0.15) is 48.4 Å². The number of hydrogen-bond acceptors (Lipinski definition) is 4. The molecule has 2 aromatic rings. The van der Waals surface area contributed by atoms with Crippen molar-refractivity contribution in [3.63, 3.8) is 0 Å². The second kappa shape index (κ2) is 10.2. The minimum Gasteiger partial charge on any atom is -0.484 e. The maximum atomic E-state index is 12.5. The van der Waals surface area contributed by atoms with Gasteiger partial charge in [-0.15, -0.1) is 0 Å². The summed E-state index contributed by atoms with van der Waals surface area (Å²) in [4.78, 5) is 17.4. The molecule has 0 aromatic heterocycles. The molecular weight excluding hydrogens is 386 g/mol. The molecule has 0 saturated carbocycles. The lowest BCUT2D eigenvalue weighted by molar-refractivity contribution is -0.123. The number of piperidine rings is 1. The number of nitrogens with one attached hydrogen (secondary N) is 1. The second-order valence-corrected chi connectivity index (χ2v) is 8.93. The van der Waals surface area contributed by atoms with Crippen LogP contribution in [0.3, 0.4) is 0 Å². The largest absolute Gasteiger partial charge is 0.484 e. The standard InChI is InChI=1S/C26H35N3O2/c1-20-8-11-23(12-9-20)31-19-26(30)27-18-25(29-15-4-3-5-16-29)22-10-13-24-21(17-22)7-6-14-28(24)2/h8-13,17,25H,3-7,14-16,18-19H2,1-2H3,(H,27,30). The normalized spacial score (nSPS) is 17.7. The number of benzene rings is 2. The van der Waals surface area contributed by atoms with Crippen LogP contribution in [0.5, 0.6) is 5.75 Å². The lowest BCUT2D eigenvalue weighted by Crippen LogP contribution is -2.41. The maximum absolute atomic E-state index is 12.5. The van der Waals surface area contributed by atoms with Crippen LogP contribution in [0.4, 0.5) is 5.69 Å². The molecule has 1 atom stereocenters. The highest BCUT2D eigenvalue weighted by molar-refractivity contribution is 5.77. The lowest BCUT2D eigenvalue weighted by atomic mass is 9.95. The molecule has 2 heterocycles. The first-order chi connectivity index (χ1) is 15.1. The van der Waals surface area contributed by atoms with Crippen molar-refractivity contribution in [2.45, 2.75) is 45.1 Å². The first kappa shape index (κ1) is 21.7. The van der Waals surface area contributed by atoms with Gasteiger partial charge in [0.2, 0.25) is 0 Å². The minimum absolute atomic E-state index is 0.0464. The lowest BCUT2D eigenvalue weighted by Gasteiger charge is -2.36. The molecule has 0 bridgehead atoms. The third-order valence-electron chi connectivity index (χ3n) is 6.55. The summed E-state index contributed by atoms with van der Waals surface area (Å²) in [5.41, 5.74) is 5.28. The van der Waals surface area contributed by atoms with E-state index in [4.69, 9.17) is 4.74 Å². The van der Waals surface area contributed by atoms with Gasteiger partial charge in [0.05, 0.1) is 6.04 Å². The summed E-state index contributed by atoms with van der Waals surface area (Å²) < 4.78 is 5.66. The molecule has 0 radical (unpaired) electrons. The number of carbonyl (C=O) groups excluding carboxylic acids is 1. The molecule has 0 spiro atoms. The molecule has 2 aromatic carbocycles. The van der Waals surface area contributed by atoms with Crippen molar-refractivity contribution in [1.29, 1.82) is 0 Å². The molecule has 31 heavy (non-hydrogen) atoms. The third kappa shape index (κ3) is 5.59. The second-order valence-electron chi connectivity index (χ2n) is 8.93. The van der Waals surface area contributed by atoms with E-state index in [-0.39, 0.29) is 18.6 Å². The zero-order chi connectivity index (χ0) is 21.6. The van der Waals surface area contributed by atoms with Crippen LogP contribution in [-0.2, 0) is 11.2 Å². The van der Waals surface area contributed by atoms with E-state index in [0.717, 1.165) is 31.8 Å². The van der Waals surface area contributed by atoms with Gasteiger partial charge in [-0.05, 0) is 75.0 Å². The Hall–Kier alpha value is -2.53. The Bertz CT molecular complexity index is 875. The molecule has 1 saturated heterocycles. The summed E-state index contributed by atoms with van der Waals surface area (Å²) in [6, 6.07) is 14.9. The Kier molecular flexibility index (Phi) is 7.13. The number of fused-ring (bicyclic) bond motifs is 1. The molecule has 0 aliphatic carbocycles. The summed E-state index contributed by atoms with van der Waals surface area (Å²) >= 11 is 0. The minimum atomic E-state index is -0.0692. The van der Waals surface area contributed by atoms with Crippen molar-refractivity contribution in [1.82, 2.24) is 10.2 Å². The van der Waals surface area contributed by atoms with Crippen LogP contribution in [-0.4, -0.2) is 50.6 Å². The molecule has 2 aliphatic rings. The monoisotopic (exact) mass is 421 g/mol. The molecule has 166 valence electrons. The van der Waals surface area contributed by atoms with Crippen LogP contribution < -0.4 is 15.0 Å². The fourth-order valence-electron chi connectivity index (χ4n) is 4.75. The summed E-state index contributed by atoms with van der Waals surface area (Å²) in [6.45, 7) is 6.01. The van der Waals surface area contributed by atoms with Crippen LogP contribution in [0.15, 0.2) is 42.5 Å². The average Bonchev–Trinajstić information content (AvgIpc) is 2.80. The van der Waals surface area contributed by atoms with Crippen LogP contribution in [0, 0.1) is 6.92 Å². The Morgan fingerprint density at radius 1 is 1.03 bits per heavy atom. The predicted molar refractivity (Wildman–Crippen MR) is 126 cm³/mol. The zero-order valence-corrected chi connectivity index (χ0v) is 18.9. The predicted octanol–water partition coefficient (Wildman–Crippen LogP) is 4.10. The number of amides is 1. The fourth-order valence-corrected chi connectivity index (χ4v) is 4.75. The van der Waals surface area contributed by atoms with Crippen molar-refractivity contribution in [3.05, 3.63) is 59.2 Å². The van der Waals surface area contributed by atoms with Gasteiger partial charge in [-0.3, -0.25) is 9.69 Å². The van der Waals surface area contributed by atoms with Gasteiger partial charge in [-0.2, -0.15) is 0 Å². The molecule has 2 aliphatic heterocycles. The van der Waals surface area contributed by atoms with Gasteiger partial charge in [0.25, 0.3) is 5.91 Å². The van der Waals surface area contributed by atoms with Crippen LogP contribution >= 0.6 is 0 Å². The number of ether oxygens (including phenoxy) is 1. The van der Waals surface area contributed by atoms with Gasteiger partial charge in [0.1, 0.15) is 5.75 Å².